The van der Waals surface area contributed by atoms with Gasteiger partial charge in [0, 0.05) is 0 Å². The summed E-state index contributed by atoms with van der Waals surface area (Å²) in [6.45, 7) is 0. The quantitative estimate of drug-likeness (QED) is 0.740. The van der Waals surface area contributed by atoms with Crippen LogP contribution in [-0.2, 0) is 21.0 Å². The highest BCUT2D eigenvalue weighted by molar-refractivity contribution is 7.89. The van der Waals surface area contributed by atoms with Gasteiger partial charge in [-0.3, -0.25) is 4.79 Å². The van der Waals surface area contributed by atoms with Crippen molar-refractivity contribution < 1.29 is 35.9 Å². The maximum absolute atomic E-state index is 13.0. The van der Waals surface area contributed by atoms with E-state index in [0.717, 1.165) is 24.3 Å². The molecular weight excluding hydrogens is 378 g/mol. The van der Waals surface area contributed by atoms with Gasteiger partial charge < -0.3 is 5.11 Å². The lowest BCUT2D eigenvalue weighted by molar-refractivity contribution is -0.138. The highest BCUT2D eigenvalue weighted by atomic mass is 32.2. The Bertz CT molecular complexity index is 895. The molecule has 2 aromatic carbocycles. The van der Waals surface area contributed by atoms with Crippen LogP contribution in [0.25, 0.3) is 0 Å². The molecule has 5 nitrogen and oxygen atoms in total. The molecule has 0 aromatic heterocycles. The van der Waals surface area contributed by atoms with Crippen LogP contribution in [0.5, 0.6) is 0 Å². The first kappa shape index (κ1) is 19.9. The zero-order chi connectivity index (χ0) is 19.5. The smallest absolute Gasteiger partial charge is 0.416 e. The maximum atomic E-state index is 13.0. The summed E-state index contributed by atoms with van der Waals surface area (Å²) in [6.07, 6.45) is -5.41. The molecule has 0 spiro atoms. The lowest BCUT2D eigenvalue weighted by Crippen LogP contribution is -2.30. The highest BCUT2D eigenvalue weighted by Crippen LogP contribution is 2.31. The van der Waals surface area contributed by atoms with Crippen molar-refractivity contribution >= 4 is 16.0 Å². The molecule has 0 aliphatic heterocycles. The van der Waals surface area contributed by atoms with Crippen LogP contribution < -0.4 is 4.72 Å². The van der Waals surface area contributed by atoms with Gasteiger partial charge >= 0.3 is 12.1 Å². The van der Waals surface area contributed by atoms with Gasteiger partial charge in [0.2, 0.25) is 10.0 Å². The van der Waals surface area contributed by atoms with Gasteiger partial charge in [-0.05, 0) is 35.9 Å². The van der Waals surface area contributed by atoms with Gasteiger partial charge in [0.1, 0.15) is 5.82 Å². The van der Waals surface area contributed by atoms with Gasteiger partial charge in [0.05, 0.1) is 22.9 Å². The zero-order valence-electron chi connectivity index (χ0n) is 13.0. The summed E-state index contributed by atoms with van der Waals surface area (Å²) >= 11 is 0. The van der Waals surface area contributed by atoms with E-state index >= 15 is 0 Å². The Hall–Kier alpha value is -2.46. The fourth-order valence-electron chi connectivity index (χ4n) is 2.19. The van der Waals surface area contributed by atoms with Crippen LogP contribution in [0, 0.1) is 5.82 Å². The molecule has 0 aliphatic carbocycles. The molecule has 0 aliphatic rings. The average Bonchev–Trinajstić information content (AvgIpc) is 2.53. The second-order valence-electron chi connectivity index (χ2n) is 5.35. The van der Waals surface area contributed by atoms with Crippen molar-refractivity contribution in [1.82, 2.24) is 4.72 Å². The minimum absolute atomic E-state index is 0.157. The number of carboxylic acids is 1. The molecule has 2 rings (SSSR count). The molecule has 26 heavy (non-hydrogen) atoms. The van der Waals surface area contributed by atoms with Gasteiger partial charge in [0.25, 0.3) is 0 Å². The van der Waals surface area contributed by atoms with Gasteiger partial charge in [0.15, 0.2) is 0 Å². The highest BCUT2D eigenvalue weighted by Gasteiger charge is 2.32. The Morgan fingerprint density at radius 3 is 2.27 bits per heavy atom. The van der Waals surface area contributed by atoms with E-state index in [4.69, 9.17) is 5.11 Å². The van der Waals surface area contributed by atoms with Crippen LogP contribution in [0.15, 0.2) is 53.4 Å². The van der Waals surface area contributed by atoms with Gasteiger partial charge in [-0.25, -0.2) is 17.5 Å². The average molecular weight is 391 g/mol. The molecule has 0 radical (unpaired) electrons. The van der Waals surface area contributed by atoms with Gasteiger partial charge in [-0.2, -0.15) is 13.2 Å². The van der Waals surface area contributed by atoms with E-state index in [1.165, 1.54) is 12.1 Å². The Balaban J connectivity index is 2.37. The van der Waals surface area contributed by atoms with Crippen molar-refractivity contribution in [2.24, 2.45) is 0 Å². The third kappa shape index (κ3) is 5.02. The Labute approximate surface area is 146 Å². The number of hydrogen-bond acceptors (Lipinski definition) is 3. The number of hydrogen-bond donors (Lipinski definition) is 2. The summed E-state index contributed by atoms with van der Waals surface area (Å²) < 4.78 is 78.2. The molecule has 0 saturated heterocycles. The molecule has 2 N–H and O–H groups in total. The molecule has 1 unspecified atom stereocenters. The lowest BCUT2D eigenvalue weighted by atomic mass is 10.1. The number of rotatable bonds is 6. The normalized spacial score (nSPS) is 13.4. The third-order valence-electron chi connectivity index (χ3n) is 3.42. The summed E-state index contributed by atoms with van der Waals surface area (Å²) in [7, 11) is -4.45. The second-order valence-corrected chi connectivity index (χ2v) is 7.06. The lowest BCUT2D eigenvalue weighted by Gasteiger charge is -2.18. The van der Waals surface area contributed by atoms with Crippen LogP contribution in [-0.4, -0.2) is 19.5 Å². The maximum Gasteiger partial charge on any atom is 0.416 e. The number of sulfonamides is 1. The standard InChI is InChI=1S/C16H13F4NO4S/c17-12-6-4-10(5-7-12)14(9-15(22)23)21-26(24,25)13-3-1-2-11(8-13)16(18,19)20/h1-8,14,21H,9H2,(H,22,23). The van der Waals surface area contributed by atoms with E-state index < -0.39 is 50.9 Å². The van der Waals surface area contributed by atoms with E-state index in [9.17, 15) is 30.8 Å². The fraction of sp³-hybridized carbons (Fsp3) is 0.188. The summed E-state index contributed by atoms with van der Waals surface area (Å²) in [5.41, 5.74) is -0.999. The molecule has 0 fully saturated rings. The Kier molecular flexibility index (Phi) is 5.67. The molecule has 2 aromatic rings. The number of aliphatic carboxylic acids is 1. The number of alkyl halides is 3. The number of benzene rings is 2. The predicted octanol–water partition coefficient (Wildman–Crippen LogP) is 3.34. The second kappa shape index (κ2) is 7.42. The minimum atomic E-state index is -4.73. The minimum Gasteiger partial charge on any atom is -0.481 e. The summed E-state index contributed by atoms with van der Waals surface area (Å²) in [5, 5.41) is 8.96. The van der Waals surface area contributed by atoms with Gasteiger partial charge in [-0.1, -0.05) is 18.2 Å². The predicted molar refractivity (Wildman–Crippen MR) is 83.2 cm³/mol. The largest absolute Gasteiger partial charge is 0.481 e. The van der Waals surface area contributed by atoms with Crippen LogP contribution in [0.2, 0.25) is 0 Å². The monoisotopic (exact) mass is 391 g/mol. The van der Waals surface area contributed by atoms with E-state index in [2.05, 4.69) is 4.72 Å². The van der Waals surface area contributed by atoms with Crippen molar-refractivity contribution in [2.75, 3.05) is 0 Å². The molecule has 140 valence electrons. The van der Waals surface area contributed by atoms with Crippen molar-refractivity contribution in [3.05, 3.63) is 65.5 Å². The van der Waals surface area contributed by atoms with E-state index in [1.54, 1.807) is 0 Å². The number of nitrogens with one attached hydrogen (secondary N) is 1. The number of halogens is 4. The van der Waals surface area contributed by atoms with Crippen molar-refractivity contribution in [1.29, 1.82) is 0 Å². The van der Waals surface area contributed by atoms with E-state index in [0.29, 0.717) is 12.1 Å². The molecule has 0 heterocycles. The van der Waals surface area contributed by atoms with E-state index in [-0.39, 0.29) is 5.56 Å². The first-order valence-corrected chi connectivity index (χ1v) is 8.64. The summed E-state index contributed by atoms with van der Waals surface area (Å²) in [5.74, 6) is -1.95. The van der Waals surface area contributed by atoms with Gasteiger partial charge in [-0.15, -0.1) is 0 Å². The Morgan fingerprint density at radius 1 is 1.12 bits per heavy atom. The van der Waals surface area contributed by atoms with Crippen LogP contribution in [0.3, 0.4) is 0 Å². The Morgan fingerprint density at radius 2 is 1.73 bits per heavy atom. The molecule has 0 bridgehead atoms. The molecule has 1 atom stereocenters. The van der Waals surface area contributed by atoms with E-state index in [1.807, 2.05) is 0 Å². The van der Waals surface area contributed by atoms with Crippen LogP contribution in [0.1, 0.15) is 23.6 Å². The number of carboxylic acid groups (broad SMARTS) is 1. The van der Waals surface area contributed by atoms with Crippen LogP contribution in [0.4, 0.5) is 17.6 Å². The molecular formula is C16H13F4NO4S. The first-order chi connectivity index (χ1) is 12.0. The van der Waals surface area contributed by atoms with Crippen molar-refractivity contribution in [2.45, 2.75) is 23.5 Å². The molecule has 0 amide bonds. The van der Waals surface area contributed by atoms with Crippen LogP contribution >= 0.6 is 0 Å². The topological polar surface area (TPSA) is 83.5 Å². The SMILES string of the molecule is O=C(O)CC(NS(=O)(=O)c1cccc(C(F)(F)F)c1)c1ccc(F)cc1. The molecule has 10 heteroatoms. The third-order valence-corrected chi connectivity index (χ3v) is 4.89. The van der Waals surface area contributed by atoms with Crippen molar-refractivity contribution in [3.63, 3.8) is 0 Å². The zero-order valence-corrected chi connectivity index (χ0v) is 13.8. The van der Waals surface area contributed by atoms with Crippen molar-refractivity contribution in [3.8, 4) is 0 Å². The first-order valence-electron chi connectivity index (χ1n) is 7.16. The number of carbonyl (C=O) groups is 1. The molecule has 0 saturated carbocycles. The summed E-state index contributed by atoms with van der Waals surface area (Å²) in [6, 6.07) is 6.19. The summed E-state index contributed by atoms with van der Waals surface area (Å²) in [4.78, 5) is 10.3. The fourth-order valence-corrected chi connectivity index (χ4v) is 3.46.